The van der Waals surface area contributed by atoms with Crippen LogP contribution in [0.4, 0.5) is 0 Å². The second-order valence-corrected chi connectivity index (χ2v) is 13.8. The maximum atomic E-state index is 12.3. The second-order valence-electron chi connectivity index (χ2n) is 12.7. The van der Waals surface area contributed by atoms with Gasteiger partial charge in [-0.05, 0) is 56.7 Å². The highest BCUT2D eigenvalue weighted by Crippen LogP contribution is 2.24. The van der Waals surface area contributed by atoms with Crippen molar-refractivity contribution in [2.75, 3.05) is 24.6 Å². The van der Waals surface area contributed by atoms with Gasteiger partial charge in [0.05, 0.1) is 6.04 Å². The van der Waals surface area contributed by atoms with E-state index in [2.05, 4.69) is 5.32 Å². The molecule has 0 aliphatic heterocycles. The minimum atomic E-state index is -0.686. The molecule has 1 amide bonds. The number of amides is 1. The quantitative estimate of drug-likeness (QED) is 0.0434. The zero-order chi connectivity index (χ0) is 32.5. The predicted molar refractivity (Wildman–Crippen MR) is 186 cm³/mol. The number of carboxylic acid groups (broad SMARTS) is 2. The Labute approximate surface area is 274 Å². The fraction of sp³-hybridized carbons (Fsp3) is 0.914. The monoisotopic (exact) mass is 643 g/mol. The summed E-state index contributed by atoms with van der Waals surface area (Å²) in [5.41, 5.74) is 11.7. The molecule has 0 saturated carbocycles. The Bertz CT molecular complexity index is 683. The van der Waals surface area contributed by atoms with Gasteiger partial charge in [-0.1, -0.05) is 116 Å². The Morgan fingerprint density at radius 1 is 0.545 bits per heavy atom. The van der Waals surface area contributed by atoms with E-state index in [9.17, 15) is 14.4 Å². The molecule has 0 aromatic rings. The minimum Gasteiger partial charge on any atom is -0.481 e. The molecule has 0 aliphatic rings. The van der Waals surface area contributed by atoms with Crippen molar-refractivity contribution < 1.29 is 24.6 Å². The summed E-state index contributed by atoms with van der Waals surface area (Å²) in [5.74, 6) is 1.03. The zero-order valence-corrected chi connectivity index (χ0v) is 28.9. The van der Waals surface area contributed by atoms with Crippen molar-refractivity contribution >= 4 is 29.6 Å². The van der Waals surface area contributed by atoms with Crippen molar-refractivity contribution in [3.8, 4) is 0 Å². The van der Waals surface area contributed by atoms with E-state index in [1.54, 1.807) is 0 Å². The third-order valence-electron chi connectivity index (χ3n) is 8.42. The van der Waals surface area contributed by atoms with E-state index in [1.165, 1.54) is 96.3 Å². The Morgan fingerprint density at radius 3 is 1.34 bits per heavy atom. The predicted octanol–water partition coefficient (Wildman–Crippen LogP) is 8.05. The summed E-state index contributed by atoms with van der Waals surface area (Å²) >= 11 is 1.84. The molecule has 44 heavy (non-hydrogen) atoms. The van der Waals surface area contributed by atoms with Crippen LogP contribution >= 0.6 is 11.8 Å². The zero-order valence-electron chi connectivity index (χ0n) is 28.1. The van der Waals surface area contributed by atoms with Crippen LogP contribution in [-0.4, -0.2) is 58.7 Å². The van der Waals surface area contributed by atoms with Gasteiger partial charge in [0.2, 0.25) is 5.91 Å². The molecule has 260 valence electrons. The summed E-state index contributed by atoms with van der Waals surface area (Å²) in [5, 5.41) is 20.4. The topological polar surface area (TPSA) is 156 Å². The molecule has 9 heteroatoms. The van der Waals surface area contributed by atoms with Crippen LogP contribution in [0.25, 0.3) is 0 Å². The number of unbranched alkanes of at least 4 members (excludes halogenated alkanes) is 19. The molecule has 0 aliphatic carbocycles. The Morgan fingerprint density at radius 2 is 0.932 bits per heavy atom. The van der Waals surface area contributed by atoms with Crippen molar-refractivity contribution in [2.45, 2.75) is 173 Å². The van der Waals surface area contributed by atoms with Crippen molar-refractivity contribution in [3.63, 3.8) is 0 Å². The van der Waals surface area contributed by atoms with Crippen LogP contribution in [0.15, 0.2) is 0 Å². The summed E-state index contributed by atoms with van der Waals surface area (Å²) in [4.78, 5) is 33.5. The molecule has 2 atom stereocenters. The number of nitrogens with one attached hydrogen (secondary N) is 1. The smallest absolute Gasteiger partial charge is 0.303 e. The van der Waals surface area contributed by atoms with Crippen LogP contribution in [0.2, 0.25) is 0 Å². The van der Waals surface area contributed by atoms with E-state index >= 15 is 0 Å². The lowest BCUT2D eigenvalue weighted by molar-refractivity contribution is -0.138. The molecule has 0 spiro atoms. The van der Waals surface area contributed by atoms with E-state index in [1.807, 2.05) is 11.8 Å². The van der Waals surface area contributed by atoms with E-state index in [-0.39, 0.29) is 5.91 Å². The van der Waals surface area contributed by atoms with Crippen molar-refractivity contribution in [3.05, 3.63) is 0 Å². The van der Waals surface area contributed by atoms with Gasteiger partial charge in [-0.2, -0.15) is 11.8 Å². The molecular formula is C35H69N3O5S. The van der Waals surface area contributed by atoms with Gasteiger partial charge in [-0.3, -0.25) is 14.4 Å². The molecule has 0 saturated heterocycles. The normalized spacial score (nSPS) is 12.7. The number of nitrogens with two attached hydrogens (primary N) is 2. The molecular weight excluding hydrogens is 574 g/mol. The number of carbonyl (C=O) groups is 3. The number of thioether (sulfide) groups is 1. The minimum absolute atomic E-state index is 0.0380. The maximum Gasteiger partial charge on any atom is 0.303 e. The molecule has 0 bridgehead atoms. The summed E-state index contributed by atoms with van der Waals surface area (Å²) in [6, 6.07) is -0.448. The third-order valence-corrected chi connectivity index (χ3v) is 9.73. The van der Waals surface area contributed by atoms with Crippen LogP contribution in [-0.2, 0) is 14.4 Å². The number of aliphatic carboxylic acids is 2. The standard InChI is InChI=1S/C35H69N3O5S/c36-27-21-16-22-28-38-35(43)32(37)30-44-29-31(24-18-13-9-5-3-7-11-15-20-26-34(41)42)23-17-12-8-4-1-2-6-10-14-19-25-33(39)40/h31-32H,1-30,36-37H2,(H,38,43)(H,39,40)(H,41,42)/t31-,32+/m1/s1. The summed E-state index contributed by atoms with van der Waals surface area (Å²) in [7, 11) is 0. The number of carboxylic acids is 2. The molecule has 0 aromatic carbocycles. The van der Waals surface area contributed by atoms with Gasteiger partial charge in [0, 0.05) is 25.1 Å². The SMILES string of the molecule is NCCCCCNC(=O)[C@@H](N)CSC[C@H](CCCCCCCCCCCCC(=O)O)CCCCCCCCCCCC(=O)O. The first kappa shape index (κ1) is 42.7. The molecule has 0 radical (unpaired) electrons. The van der Waals surface area contributed by atoms with Gasteiger partial charge < -0.3 is 27.0 Å². The molecule has 8 nitrogen and oxygen atoms in total. The van der Waals surface area contributed by atoms with Gasteiger partial charge >= 0.3 is 11.9 Å². The van der Waals surface area contributed by atoms with Gasteiger partial charge in [-0.15, -0.1) is 0 Å². The number of rotatable bonds is 35. The fourth-order valence-electron chi connectivity index (χ4n) is 5.61. The van der Waals surface area contributed by atoms with E-state index in [4.69, 9.17) is 21.7 Å². The molecule has 7 N–H and O–H groups in total. The average Bonchev–Trinajstić information content (AvgIpc) is 2.99. The van der Waals surface area contributed by atoms with E-state index < -0.39 is 18.0 Å². The Hall–Kier alpha value is -1.32. The number of carbonyl (C=O) groups excluding carboxylic acids is 1. The van der Waals surface area contributed by atoms with E-state index in [0.29, 0.717) is 37.6 Å². The lowest BCUT2D eigenvalue weighted by Crippen LogP contribution is -2.42. The van der Waals surface area contributed by atoms with Gasteiger partial charge in [0.15, 0.2) is 0 Å². The number of hydrogen-bond donors (Lipinski definition) is 5. The molecule has 0 aromatic heterocycles. The van der Waals surface area contributed by atoms with Crippen molar-refractivity contribution in [1.82, 2.24) is 5.32 Å². The molecule has 0 fully saturated rings. The number of hydrogen-bond acceptors (Lipinski definition) is 6. The first-order chi connectivity index (χ1) is 21.4. The van der Waals surface area contributed by atoms with Crippen LogP contribution in [0.5, 0.6) is 0 Å². The van der Waals surface area contributed by atoms with Crippen LogP contribution < -0.4 is 16.8 Å². The van der Waals surface area contributed by atoms with Crippen molar-refractivity contribution in [1.29, 1.82) is 0 Å². The van der Waals surface area contributed by atoms with Gasteiger partial charge in [0.25, 0.3) is 0 Å². The lowest BCUT2D eigenvalue weighted by Gasteiger charge is -2.18. The molecule has 0 rings (SSSR count). The largest absolute Gasteiger partial charge is 0.481 e. The van der Waals surface area contributed by atoms with Crippen LogP contribution in [0.3, 0.4) is 0 Å². The highest BCUT2D eigenvalue weighted by Gasteiger charge is 2.15. The average molecular weight is 644 g/mol. The summed E-state index contributed by atoms with van der Waals surface area (Å²) in [6.45, 7) is 1.37. The van der Waals surface area contributed by atoms with Crippen LogP contribution in [0, 0.1) is 5.92 Å². The molecule has 0 heterocycles. The Kier molecular flexibility index (Phi) is 32.1. The van der Waals surface area contributed by atoms with Gasteiger partial charge in [0.1, 0.15) is 0 Å². The second kappa shape index (κ2) is 33.1. The summed E-state index contributed by atoms with van der Waals surface area (Å²) < 4.78 is 0. The van der Waals surface area contributed by atoms with Crippen LogP contribution in [0.1, 0.15) is 167 Å². The summed E-state index contributed by atoms with van der Waals surface area (Å²) in [6.07, 6.45) is 28.6. The highest BCUT2D eigenvalue weighted by molar-refractivity contribution is 7.99. The maximum absolute atomic E-state index is 12.3. The van der Waals surface area contributed by atoms with Crippen molar-refractivity contribution in [2.24, 2.45) is 17.4 Å². The van der Waals surface area contributed by atoms with E-state index in [0.717, 1.165) is 63.5 Å². The first-order valence-electron chi connectivity index (χ1n) is 18.1. The molecule has 0 unspecified atom stereocenters. The first-order valence-corrected chi connectivity index (χ1v) is 19.3. The lowest BCUT2D eigenvalue weighted by atomic mass is 9.95. The fourth-order valence-corrected chi connectivity index (χ4v) is 6.82. The van der Waals surface area contributed by atoms with Gasteiger partial charge in [-0.25, -0.2) is 0 Å². The third kappa shape index (κ3) is 32.1. The Balaban J connectivity index is 4.15. The highest BCUT2D eigenvalue weighted by atomic mass is 32.2.